The van der Waals surface area contributed by atoms with Crippen LogP contribution in [0.15, 0.2) is 61.6 Å². The van der Waals surface area contributed by atoms with E-state index in [1.165, 1.54) is 0 Å². The Balaban J connectivity index is 1.78. The van der Waals surface area contributed by atoms with E-state index in [4.69, 9.17) is 0 Å². The first-order valence-corrected chi connectivity index (χ1v) is 8.81. The molecule has 0 radical (unpaired) electrons. The highest BCUT2D eigenvalue weighted by Crippen LogP contribution is 2.40. The van der Waals surface area contributed by atoms with Crippen LogP contribution in [-0.4, -0.2) is 16.0 Å². The maximum absolute atomic E-state index is 11.9. The molecule has 0 spiro atoms. The Bertz CT molecular complexity index is 920. The van der Waals surface area contributed by atoms with E-state index < -0.39 is 0 Å². The molecular formula is C17H13Br2N3O2. The van der Waals surface area contributed by atoms with Crippen LogP contribution >= 0.6 is 31.9 Å². The van der Waals surface area contributed by atoms with Gasteiger partial charge in [-0.2, -0.15) is 0 Å². The molecule has 3 rings (SSSR count). The van der Waals surface area contributed by atoms with Gasteiger partial charge in [-0.15, -0.1) is 10.2 Å². The quantitative estimate of drug-likeness (QED) is 0.504. The smallest absolute Gasteiger partial charge is 0.265 e. The Kier molecular flexibility index (Phi) is 5.11. The zero-order valence-electron chi connectivity index (χ0n) is 12.5. The highest BCUT2D eigenvalue weighted by atomic mass is 79.9. The van der Waals surface area contributed by atoms with Crippen LogP contribution in [0.25, 0.3) is 10.9 Å². The van der Waals surface area contributed by atoms with E-state index >= 15 is 0 Å². The molecule has 2 aromatic carbocycles. The number of nitrogens with zero attached hydrogens (tertiary/aromatic N) is 2. The molecule has 122 valence electrons. The van der Waals surface area contributed by atoms with Crippen LogP contribution in [0.4, 0.5) is 5.69 Å². The molecule has 1 amide bonds. The molecule has 0 atom stereocenters. The molecule has 24 heavy (non-hydrogen) atoms. The van der Waals surface area contributed by atoms with Gasteiger partial charge in [-0.05, 0) is 40.0 Å². The summed E-state index contributed by atoms with van der Waals surface area (Å²) in [4.78, 5) is 14.7. The van der Waals surface area contributed by atoms with Gasteiger partial charge in [-0.3, -0.25) is 4.79 Å². The SMILES string of the molecule is O=C(CCc1ccccc1)N=Nc1c(O)[nH]c2c(Br)cc(Br)cc12. The van der Waals surface area contributed by atoms with Gasteiger partial charge >= 0.3 is 0 Å². The molecule has 2 N–H and O–H groups in total. The summed E-state index contributed by atoms with van der Waals surface area (Å²) in [6.07, 6.45) is 0.875. The van der Waals surface area contributed by atoms with Crippen LogP contribution in [0, 0.1) is 0 Å². The van der Waals surface area contributed by atoms with Gasteiger partial charge in [0.05, 0.1) is 5.52 Å². The van der Waals surface area contributed by atoms with Crippen molar-refractivity contribution >= 4 is 54.4 Å². The summed E-state index contributed by atoms with van der Waals surface area (Å²) >= 11 is 6.81. The fourth-order valence-electron chi connectivity index (χ4n) is 2.35. The second-order valence-electron chi connectivity index (χ2n) is 5.21. The van der Waals surface area contributed by atoms with Crippen molar-refractivity contribution < 1.29 is 9.90 Å². The number of aryl methyl sites for hydroxylation is 1. The number of fused-ring (bicyclic) bond motifs is 1. The molecule has 1 aromatic heterocycles. The minimum absolute atomic E-state index is 0.122. The third-order valence-electron chi connectivity index (χ3n) is 3.51. The van der Waals surface area contributed by atoms with E-state index in [0.29, 0.717) is 17.3 Å². The minimum atomic E-state index is -0.332. The van der Waals surface area contributed by atoms with Crippen molar-refractivity contribution in [2.24, 2.45) is 10.2 Å². The first-order chi connectivity index (χ1) is 11.5. The number of aromatic nitrogens is 1. The Morgan fingerprint density at radius 1 is 1.17 bits per heavy atom. The van der Waals surface area contributed by atoms with E-state index in [2.05, 4.69) is 47.1 Å². The third kappa shape index (κ3) is 3.73. The minimum Gasteiger partial charge on any atom is -0.493 e. The molecule has 7 heteroatoms. The van der Waals surface area contributed by atoms with Crippen molar-refractivity contribution in [2.75, 3.05) is 0 Å². The zero-order valence-corrected chi connectivity index (χ0v) is 15.6. The van der Waals surface area contributed by atoms with Crippen molar-refractivity contribution in [1.82, 2.24) is 4.98 Å². The highest BCUT2D eigenvalue weighted by Gasteiger charge is 2.14. The molecule has 0 aliphatic carbocycles. The Morgan fingerprint density at radius 3 is 2.67 bits per heavy atom. The number of azo groups is 1. The number of carbonyl (C=O) groups excluding carboxylic acids is 1. The van der Waals surface area contributed by atoms with E-state index in [9.17, 15) is 9.90 Å². The number of hydrogen-bond donors (Lipinski definition) is 2. The molecule has 0 saturated carbocycles. The van der Waals surface area contributed by atoms with Crippen LogP contribution in [0.2, 0.25) is 0 Å². The number of rotatable bonds is 4. The molecule has 5 nitrogen and oxygen atoms in total. The predicted octanol–water partition coefficient (Wildman–Crippen LogP) is 5.64. The highest BCUT2D eigenvalue weighted by molar-refractivity contribution is 9.11. The number of amides is 1. The maximum Gasteiger partial charge on any atom is 0.265 e. The van der Waals surface area contributed by atoms with Crippen molar-refractivity contribution in [3.63, 3.8) is 0 Å². The largest absolute Gasteiger partial charge is 0.493 e. The van der Waals surface area contributed by atoms with Gasteiger partial charge in [0, 0.05) is 20.8 Å². The second-order valence-corrected chi connectivity index (χ2v) is 6.98. The molecule has 0 saturated heterocycles. The van der Waals surface area contributed by atoms with E-state index in [1.807, 2.05) is 36.4 Å². The lowest BCUT2D eigenvalue weighted by Crippen LogP contribution is -1.95. The van der Waals surface area contributed by atoms with Crippen LogP contribution in [-0.2, 0) is 11.2 Å². The van der Waals surface area contributed by atoms with Crippen LogP contribution in [0.1, 0.15) is 12.0 Å². The third-order valence-corrected chi connectivity index (χ3v) is 4.59. The van der Waals surface area contributed by atoms with Crippen LogP contribution < -0.4 is 0 Å². The number of hydrogen-bond acceptors (Lipinski definition) is 3. The summed E-state index contributed by atoms with van der Waals surface area (Å²) in [7, 11) is 0. The van der Waals surface area contributed by atoms with Gasteiger partial charge in [-0.25, -0.2) is 0 Å². The van der Waals surface area contributed by atoms with Crippen molar-refractivity contribution in [3.05, 3.63) is 57.0 Å². The molecule has 0 aliphatic rings. The van der Waals surface area contributed by atoms with Gasteiger partial charge in [0.2, 0.25) is 5.88 Å². The van der Waals surface area contributed by atoms with Gasteiger partial charge in [0.1, 0.15) is 0 Å². The summed E-state index contributed by atoms with van der Waals surface area (Å²) in [5.41, 5.74) is 2.02. The fraction of sp³-hybridized carbons (Fsp3) is 0.118. The lowest BCUT2D eigenvalue weighted by Gasteiger charge is -1.98. The Morgan fingerprint density at radius 2 is 1.92 bits per heavy atom. The molecule has 0 bridgehead atoms. The summed E-state index contributed by atoms with van der Waals surface area (Å²) in [6, 6.07) is 13.4. The maximum atomic E-state index is 11.9. The first-order valence-electron chi connectivity index (χ1n) is 7.23. The number of carbonyl (C=O) groups is 1. The number of nitrogens with one attached hydrogen (secondary N) is 1. The van der Waals surface area contributed by atoms with Crippen LogP contribution in [0.5, 0.6) is 5.88 Å². The number of benzene rings is 2. The average Bonchev–Trinajstić information content (AvgIpc) is 2.88. The van der Waals surface area contributed by atoms with E-state index in [-0.39, 0.29) is 23.9 Å². The number of aromatic hydroxyl groups is 1. The van der Waals surface area contributed by atoms with E-state index in [1.54, 1.807) is 6.07 Å². The van der Waals surface area contributed by atoms with Gasteiger partial charge in [0.25, 0.3) is 5.91 Å². The zero-order chi connectivity index (χ0) is 17.1. The van der Waals surface area contributed by atoms with Gasteiger partial charge in [-0.1, -0.05) is 46.3 Å². The van der Waals surface area contributed by atoms with Gasteiger partial charge < -0.3 is 10.1 Å². The Hall–Kier alpha value is -1.99. The first kappa shape index (κ1) is 16.9. The molecule has 3 aromatic rings. The normalized spacial score (nSPS) is 11.4. The number of halogens is 2. The predicted molar refractivity (Wildman–Crippen MR) is 99.6 cm³/mol. The monoisotopic (exact) mass is 449 g/mol. The Labute approximate surface area is 155 Å². The van der Waals surface area contributed by atoms with Crippen molar-refractivity contribution in [1.29, 1.82) is 0 Å². The van der Waals surface area contributed by atoms with Crippen LogP contribution in [0.3, 0.4) is 0 Å². The van der Waals surface area contributed by atoms with Crippen molar-refractivity contribution in [3.8, 4) is 5.88 Å². The lowest BCUT2D eigenvalue weighted by molar-refractivity contribution is -0.118. The molecule has 0 aliphatic heterocycles. The standard InChI is InChI=1S/C17H13Br2N3O2/c18-11-8-12-15(13(19)9-11)20-17(24)16(12)22-21-14(23)7-6-10-4-2-1-3-5-10/h1-5,8-9,20,24H,6-7H2. The molecular weight excluding hydrogens is 438 g/mol. The summed E-state index contributed by atoms with van der Waals surface area (Å²) in [5, 5.41) is 18.4. The molecule has 0 fully saturated rings. The summed E-state index contributed by atoms with van der Waals surface area (Å²) in [6.45, 7) is 0. The van der Waals surface area contributed by atoms with E-state index in [0.717, 1.165) is 14.5 Å². The molecule has 1 heterocycles. The number of aromatic amines is 1. The summed E-state index contributed by atoms with van der Waals surface area (Å²) < 4.78 is 1.60. The average molecular weight is 451 g/mol. The fourth-order valence-corrected chi connectivity index (χ4v) is 3.67. The van der Waals surface area contributed by atoms with Crippen molar-refractivity contribution in [2.45, 2.75) is 12.8 Å². The molecule has 0 unspecified atom stereocenters. The number of H-pyrrole nitrogens is 1. The lowest BCUT2D eigenvalue weighted by atomic mass is 10.1. The summed E-state index contributed by atoms with van der Waals surface area (Å²) in [5.74, 6) is -0.454. The second kappa shape index (κ2) is 7.27. The topological polar surface area (TPSA) is 77.8 Å². The van der Waals surface area contributed by atoms with Gasteiger partial charge in [0.15, 0.2) is 5.69 Å².